The molecule has 0 bridgehead atoms. The van der Waals surface area contributed by atoms with E-state index in [0.717, 1.165) is 0 Å². The maximum atomic E-state index is 11.3. The fourth-order valence-electron chi connectivity index (χ4n) is 0.829. The van der Waals surface area contributed by atoms with Crippen molar-refractivity contribution in [2.45, 2.75) is 33.3 Å². The van der Waals surface area contributed by atoms with Crippen molar-refractivity contribution in [1.82, 2.24) is 5.32 Å². The first kappa shape index (κ1) is 18.7. The summed E-state index contributed by atoms with van der Waals surface area (Å²) in [4.78, 5) is 11.3. The second-order valence-corrected chi connectivity index (χ2v) is 4.23. The molecule has 17 heavy (non-hydrogen) atoms. The van der Waals surface area contributed by atoms with E-state index < -0.39 is 17.4 Å². The molecule has 6 nitrogen and oxygen atoms in total. The first-order valence-electron chi connectivity index (χ1n) is 5.65. The van der Waals surface area contributed by atoms with Gasteiger partial charge in [-0.25, -0.2) is 0 Å². The lowest BCUT2D eigenvalue weighted by Gasteiger charge is -2.27. The van der Waals surface area contributed by atoms with Gasteiger partial charge in [-0.1, -0.05) is 13.8 Å². The van der Waals surface area contributed by atoms with Crippen molar-refractivity contribution in [2.75, 3.05) is 26.4 Å². The third-order valence-corrected chi connectivity index (χ3v) is 2.03. The molecule has 0 saturated heterocycles. The van der Waals surface area contributed by atoms with E-state index in [1.807, 2.05) is 0 Å². The van der Waals surface area contributed by atoms with Gasteiger partial charge in [-0.3, -0.25) is 4.79 Å². The van der Waals surface area contributed by atoms with Crippen LogP contribution >= 0.6 is 0 Å². The van der Waals surface area contributed by atoms with Crippen molar-refractivity contribution < 1.29 is 25.2 Å². The van der Waals surface area contributed by atoms with E-state index in [4.69, 9.17) is 15.3 Å². The molecule has 0 saturated carbocycles. The molecule has 0 aliphatic heterocycles. The molecule has 104 valence electrons. The van der Waals surface area contributed by atoms with Gasteiger partial charge in [0.05, 0.1) is 6.61 Å². The zero-order valence-corrected chi connectivity index (χ0v) is 10.8. The van der Waals surface area contributed by atoms with Crippen molar-refractivity contribution in [3.63, 3.8) is 0 Å². The Bertz CT molecular complexity index is 196. The van der Waals surface area contributed by atoms with Gasteiger partial charge in [0.1, 0.15) is 6.10 Å². The summed E-state index contributed by atoms with van der Waals surface area (Å²) < 4.78 is 0. The Morgan fingerprint density at radius 3 is 2.12 bits per heavy atom. The summed E-state index contributed by atoms with van der Waals surface area (Å²) in [6, 6.07) is 0. The van der Waals surface area contributed by atoms with Crippen LogP contribution in [0.1, 0.15) is 27.2 Å². The number of hydrogen-bond acceptors (Lipinski definition) is 5. The lowest BCUT2D eigenvalue weighted by atomic mass is 9.87. The van der Waals surface area contributed by atoms with Gasteiger partial charge >= 0.3 is 0 Å². The maximum absolute atomic E-state index is 11.3. The maximum Gasteiger partial charge on any atom is 0.249 e. The van der Waals surface area contributed by atoms with Crippen molar-refractivity contribution >= 4 is 5.91 Å². The number of carbonyl (C=O) groups is 1. The van der Waals surface area contributed by atoms with Crippen molar-refractivity contribution in [1.29, 1.82) is 0 Å². The minimum atomic E-state index is -1.23. The Labute approximate surface area is 102 Å². The molecule has 0 heterocycles. The summed E-state index contributed by atoms with van der Waals surface area (Å²) in [5.74, 6) is -0.516. The van der Waals surface area contributed by atoms with Gasteiger partial charge in [-0.05, 0) is 13.3 Å². The summed E-state index contributed by atoms with van der Waals surface area (Å²) >= 11 is 0. The Hall–Kier alpha value is -0.690. The fraction of sp³-hybridized carbons (Fsp3) is 0.909. The Morgan fingerprint density at radius 2 is 1.76 bits per heavy atom. The highest BCUT2D eigenvalue weighted by atomic mass is 16.3. The number of nitrogens with one attached hydrogen (secondary N) is 1. The average Bonchev–Trinajstić information content (AvgIpc) is 2.29. The number of aliphatic hydroxyl groups is 4. The molecule has 1 amide bonds. The van der Waals surface area contributed by atoms with Crippen LogP contribution in [0.5, 0.6) is 0 Å². The molecule has 0 aliphatic rings. The Kier molecular flexibility index (Phi) is 11.5. The van der Waals surface area contributed by atoms with E-state index in [2.05, 4.69) is 5.32 Å². The molecule has 0 rings (SSSR count). The van der Waals surface area contributed by atoms with E-state index in [1.54, 1.807) is 20.8 Å². The van der Waals surface area contributed by atoms with Gasteiger partial charge in [-0.15, -0.1) is 0 Å². The zero-order chi connectivity index (χ0) is 13.9. The highest BCUT2D eigenvalue weighted by Gasteiger charge is 2.32. The highest BCUT2D eigenvalue weighted by Crippen LogP contribution is 2.19. The molecule has 0 unspecified atom stereocenters. The molecular formula is C11H25NO5. The third kappa shape index (κ3) is 9.05. The first-order valence-corrected chi connectivity index (χ1v) is 5.65. The number of aliphatic hydroxyl groups excluding tert-OH is 4. The fourth-order valence-corrected chi connectivity index (χ4v) is 0.829. The summed E-state index contributed by atoms with van der Waals surface area (Å²) in [7, 11) is 0. The van der Waals surface area contributed by atoms with Crippen LogP contribution in [0, 0.1) is 5.41 Å². The van der Waals surface area contributed by atoms with Crippen LogP contribution in [-0.4, -0.2) is 58.8 Å². The highest BCUT2D eigenvalue weighted by molar-refractivity contribution is 5.81. The predicted molar refractivity (Wildman–Crippen MR) is 64.3 cm³/mol. The van der Waals surface area contributed by atoms with Crippen LogP contribution < -0.4 is 5.32 Å². The summed E-state index contributed by atoms with van der Waals surface area (Å²) in [6.07, 6.45) is -0.774. The summed E-state index contributed by atoms with van der Waals surface area (Å²) in [5, 5.41) is 36.9. The Balaban J connectivity index is 0. The Morgan fingerprint density at radius 1 is 1.29 bits per heavy atom. The monoisotopic (exact) mass is 251 g/mol. The molecule has 0 aromatic carbocycles. The van der Waals surface area contributed by atoms with Gasteiger partial charge < -0.3 is 25.7 Å². The van der Waals surface area contributed by atoms with Gasteiger partial charge in [0.25, 0.3) is 0 Å². The largest absolute Gasteiger partial charge is 0.397 e. The molecule has 0 fully saturated rings. The number of rotatable bonds is 6. The third-order valence-electron chi connectivity index (χ3n) is 2.03. The van der Waals surface area contributed by atoms with E-state index >= 15 is 0 Å². The smallest absolute Gasteiger partial charge is 0.249 e. The van der Waals surface area contributed by atoms with Crippen LogP contribution in [0.3, 0.4) is 0 Å². The molecule has 0 aromatic rings. The van der Waals surface area contributed by atoms with Crippen molar-refractivity contribution in [3.8, 4) is 0 Å². The lowest BCUT2D eigenvalue weighted by molar-refractivity contribution is -0.137. The van der Waals surface area contributed by atoms with Crippen LogP contribution in [0.4, 0.5) is 0 Å². The molecule has 0 spiro atoms. The van der Waals surface area contributed by atoms with Crippen LogP contribution in [-0.2, 0) is 4.79 Å². The molecule has 5 N–H and O–H groups in total. The van der Waals surface area contributed by atoms with E-state index in [0.29, 0.717) is 13.0 Å². The lowest BCUT2D eigenvalue weighted by Crippen LogP contribution is -2.45. The number of carbonyl (C=O) groups excluding carboxylic acids is 1. The molecule has 6 heteroatoms. The number of amides is 1. The van der Waals surface area contributed by atoms with E-state index in [-0.39, 0.29) is 19.8 Å². The standard InChI is InChI=1S/C9H19NO4.C2H6O/c1-9(2,6-12)7(13)8(14)10-4-3-5-11;1-2-3/h7,11-13H,3-6H2,1-2H3,(H,10,14);3H,2H2,1H3/t7-;/m1./s1. The minimum absolute atomic E-state index is 0.000230. The molecule has 1 atom stereocenters. The zero-order valence-electron chi connectivity index (χ0n) is 10.8. The van der Waals surface area contributed by atoms with E-state index in [9.17, 15) is 9.90 Å². The van der Waals surface area contributed by atoms with Gasteiger partial charge in [0.15, 0.2) is 0 Å². The van der Waals surface area contributed by atoms with Crippen LogP contribution in [0.15, 0.2) is 0 Å². The van der Waals surface area contributed by atoms with Gasteiger partial charge in [0.2, 0.25) is 5.91 Å². The predicted octanol–water partition coefficient (Wildman–Crippen LogP) is -1.14. The molecule has 0 aliphatic carbocycles. The minimum Gasteiger partial charge on any atom is -0.397 e. The second kappa shape index (κ2) is 10.5. The van der Waals surface area contributed by atoms with Gasteiger partial charge in [-0.2, -0.15) is 0 Å². The molecular weight excluding hydrogens is 226 g/mol. The summed E-state index contributed by atoms with van der Waals surface area (Å²) in [6.45, 7) is 5.20. The van der Waals surface area contributed by atoms with E-state index in [1.165, 1.54) is 0 Å². The number of hydrogen-bond donors (Lipinski definition) is 5. The second-order valence-electron chi connectivity index (χ2n) is 4.23. The molecule has 0 aromatic heterocycles. The SMILES string of the molecule is CC(C)(CO)[C@H](O)C(=O)NCCCO.CCO. The molecule has 0 radical (unpaired) electrons. The normalized spacial score (nSPS) is 12.4. The van der Waals surface area contributed by atoms with Crippen LogP contribution in [0.2, 0.25) is 0 Å². The topological polar surface area (TPSA) is 110 Å². The average molecular weight is 251 g/mol. The first-order chi connectivity index (χ1) is 7.87. The van der Waals surface area contributed by atoms with Crippen LogP contribution in [0.25, 0.3) is 0 Å². The summed E-state index contributed by atoms with van der Waals surface area (Å²) in [5.41, 5.74) is -0.844. The van der Waals surface area contributed by atoms with Crippen molar-refractivity contribution in [2.24, 2.45) is 5.41 Å². The van der Waals surface area contributed by atoms with Crippen molar-refractivity contribution in [3.05, 3.63) is 0 Å². The quantitative estimate of drug-likeness (QED) is 0.383. The van der Waals surface area contributed by atoms with Gasteiger partial charge in [0, 0.05) is 25.2 Å².